The van der Waals surface area contributed by atoms with Crippen molar-refractivity contribution in [3.05, 3.63) is 25.6 Å². The van der Waals surface area contributed by atoms with E-state index in [1.54, 1.807) is 0 Å². The van der Waals surface area contributed by atoms with Crippen LogP contribution in [0.1, 0.15) is 13.8 Å². The lowest BCUT2D eigenvalue weighted by atomic mass is 10.5. The second-order valence-corrected chi connectivity index (χ2v) is 5.37. The number of hydrogen-bond donors (Lipinski definition) is 2. The first-order chi connectivity index (χ1) is 8.51. The highest BCUT2D eigenvalue weighted by Gasteiger charge is 2.27. The van der Waals surface area contributed by atoms with Gasteiger partial charge < -0.3 is 24.8 Å². The van der Waals surface area contributed by atoms with Crippen molar-refractivity contribution in [2.45, 2.75) is 26.2 Å². The van der Waals surface area contributed by atoms with Crippen LogP contribution < -0.4 is 34.6 Å². The predicted octanol–water partition coefficient (Wildman–Crippen LogP) is -7.38. The molecule has 2 fully saturated rings. The van der Waals surface area contributed by atoms with Gasteiger partial charge in [-0.15, -0.1) is 0 Å². The molecule has 4 unspecified atom stereocenters. The molecule has 2 N–H and O–H groups in total. The predicted molar refractivity (Wildman–Crippen MR) is 76.2 cm³/mol. The molecule has 2 aliphatic heterocycles. The quantitative estimate of drug-likeness (QED) is 0.525. The Bertz CT molecular complexity index is 260. The molecule has 0 spiro atoms. The van der Waals surface area contributed by atoms with E-state index < -0.39 is 0 Å². The second-order valence-electron chi connectivity index (χ2n) is 5.37. The first kappa shape index (κ1) is 22.2. The van der Waals surface area contributed by atoms with E-state index in [0.717, 1.165) is 0 Å². The molecular weight excluding hydrogens is 295 g/mol. The highest BCUT2D eigenvalue weighted by molar-refractivity contribution is 4.63. The normalized spacial score (nSPS) is 33.4. The van der Waals surface area contributed by atoms with Crippen molar-refractivity contribution < 1.29 is 34.6 Å². The molecule has 120 valence electrons. The molecule has 2 rings (SSSR count). The molecule has 2 heterocycles. The Morgan fingerprint density at radius 2 is 1.15 bits per heavy atom. The van der Waals surface area contributed by atoms with Gasteiger partial charge in [-0.1, -0.05) is 0 Å². The smallest absolute Gasteiger partial charge is 0.145 e. The Hall–Kier alpha value is -0.100. The SMILES string of the molecule is C=C[NH+]1CCN(C)C1C.C=C[NH+]1CCN(C)C1C.[Cl-].[Cl-]. The number of rotatable bonds is 2. The van der Waals surface area contributed by atoms with Crippen molar-refractivity contribution in [3.8, 4) is 0 Å². The van der Waals surface area contributed by atoms with E-state index in [1.807, 2.05) is 12.4 Å². The van der Waals surface area contributed by atoms with Gasteiger partial charge in [0.25, 0.3) is 0 Å². The summed E-state index contributed by atoms with van der Waals surface area (Å²) in [7, 11) is 4.31. The summed E-state index contributed by atoms with van der Waals surface area (Å²) in [4.78, 5) is 7.66. The summed E-state index contributed by atoms with van der Waals surface area (Å²) in [5.74, 6) is 0. The molecule has 0 radical (unpaired) electrons. The van der Waals surface area contributed by atoms with Gasteiger partial charge >= 0.3 is 0 Å². The van der Waals surface area contributed by atoms with Crippen molar-refractivity contribution in [2.24, 2.45) is 0 Å². The summed E-state index contributed by atoms with van der Waals surface area (Å²) in [6.45, 7) is 16.8. The topological polar surface area (TPSA) is 15.4 Å². The van der Waals surface area contributed by atoms with Gasteiger partial charge in [0, 0.05) is 13.8 Å². The molecule has 0 bridgehead atoms. The summed E-state index contributed by atoms with van der Waals surface area (Å²) in [5.41, 5.74) is 0. The third kappa shape index (κ3) is 5.72. The van der Waals surface area contributed by atoms with Crippen LogP contribution in [0.5, 0.6) is 0 Å². The lowest BCUT2D eigenvalue weighted by molar-refractivity contribution is -0.863. The molecule has 6 heteroatoms. The van der Waals surface area contributed by atoms with Gasteiger partial charge in [-0.2, -0.15) is 0 Å². The van der Waals surface area contributed by atoms with E-state index in [9.17, 15) is 0 Å². The fourth-order valence-corrected chi connectivity index (χ4v) is 2.53. The Balaban J connectivity index is 0. The average Bonchev–Trinajstić information content (AvgIpc) is 2.86. The van der Waals surface area contributed by atoms with Crippen molar-refractivity contribution in [1.82, 2.24) is 9.80 Å². The molecule has 4 atom stereocenters. The molecular formula is C14H30Cl2N4. The molecule has 0 aromatic rings. The van der Waals surface area contributed by atoms with Gasteiger partial charge in [-0.3, -0.25) is 19.6 Å². The zero-order chi connectivity index (χ0) is 13.7. The highest BCUT2D eigenvalue weighted by atomic mass is 35.5. The molecule has 0 aromatic carbocycles. The Morgan fingerprint density at radius 1 is 0.850 bits per heavy atom. The maximum absolute atomic E-state index is 3.76. The van der Waals surface area contributed by atoms with Crippen LogP contribution in [0.15, 0.2) is 25.6 Å². The lowest BCUT2D eigenvalue weighted by Crippen LogP contribution is -3.09. The van der Waals surface area contributed by atoms with E-state index in [0.29, 0.717) is 12.3 Å². The Labute approximate surface area is 136 Å². The summed E-state index contributed by atoms with van der Waals surface area (Å²) >= 11 is 0. The number of likely N-dealkylation sites (N-methyl/N-ethyl adjacent to an activating group) is 2. The molecule has 2 aliphatic rings. The lowest BCUT2D eigenvalue weighted by Gasteiger charge is -2.15. The number of quaternary nitrogens is 2. The van der Waals surface area contributed by atoms with Gasteiger partial charge in [-0.05, 0) is 27.3 Å². The second kappa shape index (κ2) is 10.6. The summed E-state index contributed by atoms with van der Waals surface area (Å²) < 4.78 is 0. The van der Waals surface area contributed by atoms with Crippen LogP contribution >= 0.6 is 0 Å². The summed E-state index contributed by atoms with van der Waals surface area (Å²) in [6, 6.07) is 0. The van der Waals surface area contributed by atoms with Gasteiger partial charge in [0.2, 0.25) is 0 Å². The standard InChI is InChI=1S/2C7H14N2.2ClH/c2*1-4-9-6-5-8(3)7(9)2;;/h2*4,7H,1,5-6H2,2-3H3;2*1H. The summed E-state index contributed by atoms with van der Waals surface area (Å²) in [6.07, 6.45) is 5.24. The summed E-state index contributed by atoms with van der Waals surface area (Å²) in [5, 5.41) is 0. The van der Waals surface area contributed by atoms with Crippen LogP contribution in [0.2, 0.25) is 0 Å². The minimum absolute atomic E-state index is 0. The monoisotopic (exact) mass is 324 g/mol. The molecule has 0 amide bonds. The van der Waals surface area contributed by atoms with Gasteiger partial charge in [0.1, 0.15) is 12.3 Å². The Morgan fingerprint density at radius 3 is 1.25 bits per heavy atom. The largest absolute Gasteiger partial charge is 1.00 e. The van der Waals surface area contributed by atoms with Crippen LogP contribution in [-0.4, -0.2) is 62.4 Å². The molecule has 2 saturated heterocycles. The van der Waals surface area contributed by atoms with Crippen LogP contribution in [0, 0.1) is 0 Å². The van der Waals surface area contributed by atoms with Crippen LogP contribution in [0.25, 0.3) is 0 Å². The minimum atomic E-state index is 0. The molecule has 4 nitrogen and oxygen atoms in total. The van der Waals surface area contributed by atoms with E-state index >= 15 is 0 Å². The van der Waals surface area contributed by atoms with Crippen molar-refractivity contribution in [3.63, 3.8) is 0 Å². The van der Waals surface area contributed by atoms with Crippen molar-refractivity contribution >= 4 is 0 Å². The maximum atomic E-state index is 3.76. The van der Waals surface area contributed by atoms with Crippen molar-refractivity contribution in [2.75, 3.05) is 40.3 Å². The minimum Gasteiger partial charge on any atom is -1.00 e. The fourth-order valence-electron chi connectivity index (χ4n) is 2.53. The van der Waals surface area contributed by atoms with Crippen LogP contribution in [0.4, 0.5) is 0 Å². The number of halogens is 2. The zero-order valence-electron chi connectivity index (χ0n) is 13.2. The van der Waals surface area contributed by atoms with E-state index in [4.69, 9.17) is 0 Å². The molecule has 0 aromatic heterocycles. The highest BCUT2D eigenvalue weighted by Crippen LogP contribution is 1.91. The van der Waals surface area contributed by atoms with Gasteiger partial charge in [-0.25, -0.2) is 0 Å². The van der Waals surface area contributed by atoms with Gasteiger partial charge in [0.05, 0.1) is 38.6 Å². The molecule has 0 aliphatic carbocycles. The average molecular weight is 325 g/mol. The Kier molecular flexibility index (Phi) is 11.8. The van der Waals surface area contributed by atoms with E-state index in [1.165, 1.54) is 36.0 Å². The third-order valence-corrected chi connectivity index (χ3v) is 4.43. The van der Waals surface area contributed by atoms with Crippen LogP contribution in [0.3, 0.4) is 0 Å². The third-order valence-electron chi connectivity index (χ3n) is 4.43. The zero-order valence-corrected chi connectivity index (χ0v) is 14.7. The fraction of sp³-hybridized carbons (Fsp3) is 0.714. The maximum Gasteiger partial charge on any atom is 0.145 e. The van der Waals surface area contributed by atoms with Crippen molar-refractivity contribution in [1.29, 1.82) is 0 Å². The number of nitrogens with one attached hydrogen (secondary N) is 2. The van der Waals surface area contributed by atoms with Crippen LogP contribution in [-0.2, 0) is 0 Å². The van der Waals surface area contributed by atoms with E-state index in [-0.39, 0.29) is 24.8 Å². The molecule has 0 saturated carbocycles. The van der Waals surface area contributed by atoms with E-state index in [2.05, 4.69) is 50.9 Å². The molecule has 20 heavy (non-hydrogen) atoms. The number of hydrogen-bond acceptors (Lipinski definition) is 2. The first-order valence-corrected chi connectivity index (χ1v) is 6.88. The van der Waals surface area contributed by atoms with Gasteiger partial charge in [0.15, 0.2) is 0 Å². The first-order valence-electron chi connectivity index (χ1n) is 6.88. The number of nitrogens with zero attached hydrogens (tertiary/aromatic N) is 2.